The van der Waals surface area contributed by atoms with Gasteiger partial charge >= 0.3 is 0 Å². The summed E-state index contributed by atoms with van der Waals surface area (Å²) < 4.78 is 0. The van der Waals surface area contributed by atoms with Crippen molar-refractivity contribution in [3.05, 3.63) is 185 Å². The molecule has 0 fully saturated rings. The number of rotatable bonds is 5. The molecule has 9 rings (SSSR count). The molecule has 0 aromatic heterocycles. The third-order valence-corrected chi connectivity index (χ3v) is 12.9. The van der Waals surface area contributed by atoms with Gasteiger partial charge in [-0.1, -0.05) is 184 Å². The molecule has 0 saturated heterocycles. The van der Waals surface area contributed by atoms with E-state index in [1.807, 2.05) is 0 Å². The Morgan fingerprint density at radius 2 is 0.877 bits per heavy atom. The number of hydrogen-bond donors (Lipinski definition) is 0. The van der Waals surface area contributed by atoms with Gasteiger partial charge in [-0.05, 0) is 120 Å². The lowest BCUT2D eigenvalue weighted by Gasteiger charge is -2.32. The zero-order valence-corrected chi connectivity index (χ0v) is 35.4. The fourth-order valence-electron chi connectivity index (χ4n) is 9.89. The number of para-hydroxylation sites is 1. The lowest BCUT2D eigenvalue weighted by atomic mass is 9.72. The second-order valence-corrected chi connectivity index (χ2v) is 19.5. The molecular weight excluding hydrogens is 687 g/mol. The van der Waals surface area contributed by atoms with Crippen LogP contribution in [0.1, 0.15) is 103 Å². The molecule has 2 aliphatic rings. The van der Waals surface area contributed by atoms with Crippen LogP contribution in [0.2, 0.25) is 0 Å². The highest BCUT2D eigenvalue weighted by Gasteiger charge is 2.40. The Morgan fingerprint density at radius 3 is 1.58 bits per heavy atom. The lowest BCUT2D eigenvalue weighted by Crippen LogP contribution is -2.24. The van der Waals surface area contributed by atoms with E-state index in [-0.39, 0.29) is 21.7 Å². The summed E-state index contributed by atoms with van der Waals surface area (Å²) in [5.74, 6) is 0. The van der Waals surface area contributed by atoms with Crippen LogP contribution in [0.3, 0.4) is 0 Å². The zero-order chi connectivity index (χ0) is 40.1. The summed E-state index contributed by atoms with van der Waals surface area (Å²) in [5, 5.41) is 0. The van der Waals surface area contributed by atoms with Crippen molar-refractivity contribution in [3.63, 3.8) is 0 Å². The Labute approximate surface area is 341 Å². The highest BCUT2D eigenvalue weighted by molar-refractivity contribution is 5.99. The van der Waals surface area contributed by atoms with Gasteiger partial charge in [0.2, 0.25) is 0 Å². The molecular formula is C56H55N. The minimum Gasteiger partial charge on any atom is -0.310 e. The molecule has 0 atom stereocenters. The van der Waals surface area contributed by atoms with Gasteiger partial charge in [-0.3, -0.25) is 0 Å². The van der Waals surface area contributed by atoms with Gasteiger partial charge in [0.25, 0.3) is 0 Å². The van der Waals surface area contributed by atoms with Gasteiger partial charge in [-0.15, -0.1) is 0 Å². The predicted molar refractivity (Wildman–Crippen MR) is 245 cm³/mol. The third kappa shape index (κ3) is 5.89. The molecule has 7 aromatic carbocycles. The number of anilines is 3. The van der Waals surface area contributed by atoms with E-state index < -0.39 is 0 Å². The molecule has 1 nitrogen and oxygen atoms in total. The van der Waals surface area contributed by atoms with E-state index in [1.54, 1.807) is 0 Å². The van der Waals surface area contributed by atoms with Gasteiger partial charge in [0.1, 0.15) is 0 Å². The summed E-state index contributed by atoms with van der Waals surface area (Å²) in [6.07, 6.45) is 0. The normalized spacial score (nSPS) is 14.8. The molecule has 0 heterocycles. The number of nitrogens with zero attached hydrogens (tertiary/aromatic N) is 1. The van der Waals surface area contributed by atoms with Gasteiger partial charge < -0.3 is 4.90 Å². The summed E-state index contributed by atoms with van der Waals surface area (Å²) >= 11 is 0. The summed E-state index contributed by atoms with van der Waals surface area (Å²) in [6.45, 7) is 23.8. The van der Waals surface area contributed by atoms with E-state index in [1.165, 1.54) is 83.6 Å². The average Bonchev–Trinajstić information content (AvgIpc) is 3.57. The van der Waals surface area contributed by atoms with Crippen LogP contribution in [0.4, 0.5) is 17.1 Å². The topological polar surface area (TPSA) is 3.24 Å². The van der Waals surface area contributed by atoms with Crippen molar-refractivity contribution in [2.45, 2.75) is 90.9 Å². The van der Waals surface area contributed by atoms with Crippen molar-refractivity contribution in [3.8, 4) is 44.5 Å². The van der Waals surface area contributed by atoms with Crippen molar-refractivity contribution in [1.29, 1.82) is 0 Å². The number of fused-ring (bicyclic) bond motifs is 6. The number of hydrogen-bond acceptors (Lipinski definition) is 1. The van der Waals surface area contributed by atoms with Crippen LogP contribution in [0, 0.1) is 0 Å². The zero-order valence-electron chi connectivity index (χ0n) is 35.4. The summed E-state index contributed by atoms with van der Waals surface area (Å²) in [5.41, 5.74) is 22.0. The average molecular weight is 742 g/mol. The SMILES string of the molecule is CC(C)(C)c1cc2c(cc1C(C)(C)C)C(C)(C)c1cccc(-c3ccccc3N(c3ccc(-c4ccccc4)cc3)c3ccc4c(c3)C(C)(C)c3ccccc3-4)c1-2. The lowest BCUT2D eigenvalue weighted by molar-refractivity contribution is 0.527. The van der Waals surface area contributed by atoms with Crippen molar-refractivity contribution >= 4 is 17.1 Å². The molecule has 0 N–H and O–H groups in total. The van der Waals surface area contributed by atoms with Crippen molar-refractivity contribution in [2.75, 3.05) is 4.90 Å². The molecule has 0 amide bonds. The molecule has 7 aromatic rings. The molecule has 1 heteroatoms. The Bertz CT molecular complexity index is 2680. The molecule has 0 bridgehead atoms. The molecule has 0 unspecified atom stereocenters. The van der Waals surface area contributed by atoms with Gasteiger partial charge in [0, 0.05) is 27.8 Å². The quantitative estimate of drug-likeness (QED) is 0.170. The molecule has 0 saturated carbocycles. The van der Waals surface area contributed by atoms with E-state index in [4.69, 9.17) is 0 Å². The minimum absolute atomic E-state index is 0.00110. The molecule has 57 heavy (non-hydrogen) atoms. The van der Waals surface area contributed by atoms with Gasteiger partial charge in [-0.25, -0.2) is 0 Å². The van der Waals surface area contributed by atoms with E-state index in [9.17, 15) is 0 Å². The first-order valence-electron chi connectivity index (χ1n) is 20.7. The number of benzene rings is 7. The maximum Gasteiger partial charge on any atom is 0.0540 e. The smallest absolute Gasteiger partial charge is 0.0540 e. The highest BCUT2D eigenvalue weighted by atomic mass is 15.1. The van der Waals surface area contributed by atoms with Crippen LogP contribution in [-0.4, -0.2) is 0 Å². The molecule has 0 aliphatic heterocycles. The van der Waals surface area contributed by atoms with E-state index in [2.05, 4.69) is 226 Å². The Balaban J connectivity index is 1.28. The minimum atomic E-state index is -0.139. The molecule has 0 radical (unpaired) electrons. The highest BCUT2D eigenvalue weighted by Crippen LogP contribution is 2.56. The maximum absolute atomic E-state index is 2.55. The van der Waals surface area contributed by atoms with Crippen LogP contribution in [0.25, 0.3) is 44.5 Å². The van der Waals surface area contributed by atoms with Gasteiger partial charge in [-0.2, -0.15) is 0 Å². The first-order valence-corrected chi connectivity index (χ1v) is 20.7. The fraction of sp³-hybridized carbons (Fsp3) is 0.250. The van der Waals surface area contributed by atoms with E-state index in [0.717, 1.165) is 11.4 Å². The second kappa shape index (κ2) is 12.9. The standard InChI is InChI=1S/C56H55N/c1-53(2,3)49-34-44-48(35-50(49)54(4,5)6)56(9,10)46-25-18-23-43(52(44)46)42-22-15-17-26-51(42)57(38-29-27-37(28-30-38)36-19-12-11-13-20-36)39-31-32-41-40-21-14-16-24-45(40)55(7,8)47(41)33-39/h11-35H,1-10H3. The first-order chi connectivity index (χ1) is 27.1. The predicted octanol–water partition coefficient (Wildman–Crippen LogP) is 15.7. The van der Waals surface area contributed by atoms with Crippen LogP contribution >= 0.6 is 0 Å². The van der Waals surface area contributed by atoms with Crippen LogP contribution in [0.5, 0.6) is 0 Å². The summed E-state index contributed by atoms with van der Waals surface area (Å²) in [6, 6.07) is 57.1. The Kier molecular flexibility index (Phi) is 8.38. The summed E-state index contributed by atoms with van der Waals surface area (Å²) in [7, 11) is 0. The largest absolute Gasteiger partial charge is 0.310 e. The summed E-state index contributed by atoms with van der Waals surface area (Å²) in [4.78, 5) is 2.49. The Hall–Kier alpha value is -5.66. The van der Waals surface area contributed by atoms with Crippen LogP contribution < -0.4 is 4.90 Å². The fourth-order valence-corrected chi connectivity index (χ4v) is 9.89. The second-order valence-electron chi connectivity index (χ2n) is 19.5. The van der Waals surface area contributed by atoms with Crippen LogP contribution in [-0.2, 0) is 21.7 Å². The van der Waals surface area contributed by atoms with Gasteiger partial charge in [0.15, 0.2) is 0 Å². The maximum atomic E-state index is 2.55. The van der Waals surface area contributed by atoms with Crippen LogP contribution in [0.15, 0.2) is 152 Å². The Morgan fingerprint density at radius 1 is 0.368 bits per heavy atom. The molecule has 0 spiro atoms. The van der Waals surface area contributed by atoms with Gasteiger partial charge in [0.05, 0.1) is 5.69 Å². The van der Waals surface area contributed by atoms with Crippen molar-refractivity contribution in [1.82, 2.24) is 0 Å². The van der Waals surface area contributed by atoms with Crippen molar-refractivity contribution in [2.24, 2.45) is 0 Å². The van der Waals surface area contributed by atoms with Crippen molar-refractivity contribution < 1.29 is 0 Å². The molecule has 284 valence electrons. The monoisotopic (exact) mass is 741 g/mol. The third-order valence-electron chi connectivity index (χ3n) is 12.9. The van der Waals surface area contributed by atoms with E-state index >= 15 is 0 Å². The molecule has 2 aliphatic carbocycles. The first kappa shape index (κ1) is 36.9. The van der Waals surface area contributed by atoms with E-state index in [0.29, 0.717) is 0 Å².